The molecule has 0 spiro atoms. The lowest BCUT2D eigenvalue weighted by molar-refractivity contribution is -0.141. The molecule has 4 atom stereocenters. The minimum absolute atomic E-state index is 0.145. The smallest absolute Gasteiger partial charge is 0.305 e. The Morgan fingerprint density at radius 1 is 0.697 bits per heavy atom. The number of likely N-dealkylation sites (N-methyl/N-ethyl adjacent to an activating group) is 1. The number of carboxylic acids is 4. The van der Waals surface area contributed by atoms with Gasteiger partial charge in [-0.1, -0.05) is 6.58 Å². The topological polar surface area (TPSA) is 249 Å². The van der Waals surface area contributed by atoms with E-state index in [1.165, 1.54) is 7.05 Å². The van der Waals surface area contributed by atoms with E-state index in [1.807, 2.05) is 5.32 Å². The second kappa shape index (κ2) is 14.1. The third-order valence-electron chi connectivity index (χ3n) is 4.10. The third-order valence-corrected chi connectivity index (χ3v) is 4.10. The van der Waals surface area contributed by atoms with Gasteiger partial charge in [0.1, 0.15) is 12.3 Å². The molecule has 15 heteroatoms. The van der Waals surface area contributed by atoms with Crippen LogP contribution in [0.3, 0.4) is 0 Å². The van der Waals surface area contributed by atoms with Crippen molar-refractivity contribution < 1.29 is 54.0 Å². The van der Waals surface area contributed by atoms with Crippen LogP contribution in [0.2, 0.25) is 0 Å². The molecular weight excluding hydrogens is 448 g/mol. The first-order chi connectivity index (χ1) is 15.3. The quantitative estimate of drug-likeness (QED) is 0.0987. The summed E-state index contributed by atoms with van der Waals surface area (Å²) in [7, 11) is 1.31. The van der Waals surface area contributed by atoms with Crippen LogP contribution in [0.1, 0.15) is 25.7 Å². The van der Waals surface area contributed by atoms with Crippen molar-refractivity contribution in [3.63, 3.8) is 0 Å². The maximum atomic E-state index is 12.4. The van der Waals surface area contributed by atoms with Gasteiger partial charge in [0.15, 0.2) is 0 Å². The zero-order valence-corrected chi connectivity index (χ0v) is 17.6. The summed E-state index contributed by atoms with van der Waals surface area (Å²) in [4.78, 5) is 79.6. The lowest BCUT2D eigenvalue weighted by atomic mass is 10.1. The molecule has 8 N–H and O–H groups in total. The van der Waals surface area contributed by atoms with Crippen molar-refractivity contribution in [3.05, 3.63) is 12.3 Å². The molecule has 4 unspecified atom stereocenters. The Morgan fingerprint density at radius 2 is 1.12 bits per heavy atom. The monoisotopic (exact) mass is 474 g/mol. The number of hydrogen-bond donors (Lipinski definition) is 8. The first-order valence-electron chi connectivity index (χ1n) is 9.36. The fourth-order valence-corrected chi connectivity index (χ4v) is 2.52. The first kappa shape index (κ1) is 29.0. The summed E-state index contributed by atoms with van der Waals surface area (Å²) in [6.07, 6.45) is -2.86. The van der Waals surface area contributed by atoms with Crippen LogP contribution in [0.25, 0.3) is 0 Å². The SMILES string of the molecule is C=C(NC(CC(=O)O)C(=O)NC(C=O)CC(=O)O)C(CC(=O)O)NC(=O)C(CC(=O)O)NC. The summed E-state index contributed by atoms with van der Waals surface area (Å²) in [6.45, 7) is 3.52. The van der Waals surface area contributed by atoms with E-state index in [9.17, 15) is 33.6 Å². The number of carbonyl (C=O) groups is 7. The molecule has 0 aliphatic carbocycles. The van der Waals surface area contributed by atoms with Gasteiger partial charge in [-0.2, -0.15) is 0 Å². The Morgan fingerprint density at radius 3 is 1.55 bits per heavy atom. The van der Waals surface area contributed by atoms with Crippen molar-refractivity contribution >= 4 is 42.0 Å². The van der Waals surface area contributed by atoms with Gasteiger partial charge in [0.25, 0.3) is 0 Å². The van der Waals surface area contributed by atoms with Gasteiger partial charge in [-0.15, -0.1) is 0 Å². The highest BCUT2D eigenvalue weighted by molar-refractivity contribution is 5.89. The second-order valence-electron chi connectivity index (χ2n) is 6.77. The van der Waals surface area contributed by atoms with Gasteiger partial charge in [-0.25, -0.2) is 0 Å². The number of amides is 2. The summed E-state index contributed by atoms with van der Waals surface area (Å²) >= 11 is 0. The number of aldehydes is 1. The van der Waals surface area contributed by atoms with Gasteiger partial charge in [0.05, 0.1) is 43.8 Å². The Kier molecular flexibility index (Phi) is 12.4. The first-order valence-corrected chi connectivity index (χ1v) is 9.36. The molecule has 0 rings (SSSR count). The molecule has 0 saturated heterocycles. The summed E-state index contributed by atoms with van der Waals surface area (Å²) in [6, 6.07) is -5.68. The van der Waals surface area contributed by atoms with Crippen LogP contribution in [0, 0.1) is 0 Å². The van der Waals surface area contributed by atoms with Crippen LogP contribution < -0.4 is 21.3 Å². The van der Waals surface area contributed by atoms with Crippen molar-refractivity contribution in [3.8, 4) is 0 Å². The fourth-order valence-electron chi connectivity index (χ4n) is 2.52. The standard InChI is InChI=1S/C18H26N4O11/c1-8(10(4-14(26)27)22-17(32)11(19-2)5-15(28)29)20-12(6-16(30)31)18(33)21-9(7-23)3-13(24)25/h7,9-12,19-20H,1,3-6H2,2H3,(H,21,33)(H,22,32)(H,24,25)(H,26,27)(H,28,29)(H,30,31). The Bertz CT molecular complexity index is 798. The summed E-state index contributed by atoms with van der Waals surface area (Å²) in [5.74, 6) is -7.55. The molecular formula is C18H26N4O11. The van der Waals surface area contributed by atoms with E-state index in [0.717, 1.165) is 0 Å². The van der Waals surface area contributed by atoms with Crippen molar-refractivity contribution in [1.82, 2.24) is 21.3 Å². The van der Waals surface area contributed by atoms with E-state index < -0.39 is 85.5 Å². The molecule has 0 fully saturated rings. The number of nitrogens with one attached hydrogen (secondary N) is 4. The Balaban J connectivity index is 5.57. The highest BCUT2D eigenvalue weighted by Gasteiger charge is 2.30. The van der Waals surface area contributed by atoms with Gasteiger partial charge in [-0.3, -0.25) is 28.8 Å². The number of aliphatic carboxylic acids is 4. The molecule has 0 aromatic heterocycles. The highest BCUT2D eigenvalue weighted by Crippen LogP contribution is 2.07. The minimum Gasteiger partial charge on any atom is -0.481 e. The van der Waals surface area contributed by atoms with Crippen LogP contribution in [-0.4, -0.2) is 93.6 Å². The van der Waals surface area contributed by atoms with Crippen LogP contribution in [0.4, 0.5) is 0 Å². The molecule has 0 heterocycles. The molecule has 184 valence electrons. The van der Waals surface area contributed by atoms with Gasteiger partial charge >= 0.3 is 23.9 Å². The lowest BCUT2D eigenvalue weighted by Crippen LogP contribution is -2.54. The molecule has 15 nitrogen and oxygen atoms in total. The molecule has 0 saturated carbocycles. The van der Waals surface area contributed by atoms with Crippen LogP contribution >= 0.6 is 0 Å². The van der Waals surface area contributed by atoms with Crippen LogP contribution in [0.5, 0.6) is 0 Å². The maximum Gasteiger partial charge on any atom is 0.305 e. The average molecular weight is 474 g/mol. The van der Waals surface area contributed by atoms with Crippen molar-refractivity contribution in [2.75, 3.05) is 7.05 Å². The molecule has 0 radical (unpaired) electrons. The van der Waals surface area contributed by atoms with Crippen LogP contribution in [0.15, 0.2) is 12.3 Å². The third kappa shape index (κ3) is 11.8. The average Bonchev–Trinajstić information content (AvgIpc) is 2.68. The largest absolute Gasteiger partial charge is 0.481 e. The molecule has 0 aliphatic heterocycles. The van der Waals surface area contributed by atoms with Gasteiger partial charge < -0.3 is 46.5 Å². The Hall–Kier alpha value is -4.01. The summed E-state index contributed by atoms with van der Waals surface area (Å²) < 4.78 is 0. The van der Waals surface area contributed by atoms with Crippen molar-refractivity contribution in [2.24, 2.45) is 0 Å². The molecule has 0 aromatic carbocycles. The van der Waals surface area contributed by atoms with E-state index in [4.69, 9.17) is 20.4 Å². The summed E-state index contributed by atoms with van der Waals surface area (Å²) in [5.41, 5.74) is -0.293. The normalized spacial score (nSPS) is 14.0. The minimum atomic E-state index is -1.61. The second-order valence-corrected chi connectivity index (χ2v) is 6.77. The van der Waals surface area contributed by atoms with E-state index in [1.54, 1.807) is 0 Å². The zero-order valence-electron chi connectivity index (χ0n) is 17.6. The van der Waals surface area contributed by atoms with Crippen LogP contribution in [-0.2, 0) is 33.6 Å². The van der Waals surface area contributed by atoms with E-state index in [-0.39, 0.29) is 12.0 Å². The van der Waals surface area contributed by atoms with Crippen molar-refractivity contribution in [1.29, 1.82) is 0 Å². The fraction of sp³-hybridized carbons (Fsp3) is 0.500. The molecule has 0 aromatic rings. The molecule has 0 bridgehead atoms. The number of carboxylic acid groups (broad SMARTS) is 4. The Labute approximate surface area is 187 Å². The lowest BCUT2D eigenvalue weighted by Gasteiger charge is -2.27. The van der Waals surface area contributed by atoms with Gasteiger partial charge in [0.2, 0.25) is 11.8 Å². The predicted octanol–water partition coefficient (Wildman–Crippen LogP) is -2.89. The van der Waals surface area contributed by atoms with E-state index >= 15 is 0 Å². The summed E-state index contributed by atoms with van der Waals surface area (Å²) in [5, 5.41) is 44.9. The number of hydrogen-bond acceptors (Lipinski definition) is 9. The number of rotatable bonds is 17. The van der Waals surface area contributed by atoms with Crippen molar-refractivity contribution in [2.45, 2.75) is 49.9 Å². The van der Waals surface area contributed by atoms with E-state index in [2.05, 4.69) is 22.5 Å². The molecule has 0 aliphatic rings. The van der Waals surface area contributed by atoms with Gasteiger partial charge in [0, 0.05) is 5.70 Å². The van der Waals surface area contributed by atoms with E-state index in [0.29, 0.717) is 0 Å². The van der Waals surface area contributed by atoms with Gasteiger partial charge in [-0.05, 0) is 7.05 Å². The predicted molar refractivity (Wildman–Crippen MR) is 108 cm³/mol. The maximum absolute atomic E-state index is 12.4. The molecule has 33 heavy (non-hydrogen) atoms. The number of carbonyl (C=O) groups excluding carboxylic acids is 3. The molecule has 2 amide bonds. The highest BCUT2D eigenvalue weighted by atomic mass is 16.4. The zero-order chi connectivity index (χ0) is 25.7.